The van der Waals surface area contributed by atoms with Gasteiger partial charge in [-0.05, 0) is 51.0 Å². The quantitative estimate of drug-likeness (QED) is 0.837. The Hall–Kier alpha value is -1.79. The molecule has 0 atom stereocenters. The van der Waals surface area contributed by atoms with E-state index in [0.717, 1.165) is 50.3 Å². The standard InChI is InChI=1S/C17H25N3O3/c1-2-9-20(14-5-7-18-8-6-14)11-17(21)19-13-3-4-15-16(10-13)23-12-22-15/h3-4,10,14,18H,2,5-9,11-12H2,1H3,(H,19,21). The van der Waals surface area contributed by atoms with Crippen LogP contribution in [0.5, 0.6) is 11.5 Å². The molecule has 0 unspecified atom stereocenters. The Labute approximate surface area is 137 Å². The summed E-state index contributed by atoms with van der Waals surface area (Å²) >= 11 is 0. The van der Waals surface area contributed by atoms with Crippen LogP contribution >= 0.6 is 0 Å². The molecule has 1 aromatic rings. The van der Waals surface area contributed by atoms with Gasteiger partial charge < -0.3 is 20.1 Å². The van der Waals surface area contributed by atoms with Crippen molar-refractivity contribution >= 4 is 11.6 Å². The molecule has 2 heterocycles. The molecule has 0 spiro atoms. The lowest BCUT2D eigenvalue weighted by molar-refractivity contribution is -0.118. The van der Waals surface area contributed by atoms with Gasteiger partial charge in [0.2, 0.25) is 12.7 Å². The number of rotatable bonds is 6. The third kappa shape index (κ3) is 4.14. The molecule has 0 saturated carbocycles. The maximum Gasteiger partial charge on any atom is 0.238 e. The average molecular weight is 319 g/mol. The second-order valence-electron chi connectivity index (χ2n) is 6.07. The second kappa shape index (κ2) is 7.66. The molecule has 1 saturated heterocycles. The van der Waals surface area contributed by atoms with Gasteiger partial charge in [-0.3, -0.25) is 9.69 Å². The number of nitrogens with zero attached hydrogens (tertiary/aromatic N) is 1. The summed E-state index contributed by atoms with van der Waals surface area (Å²) in [5, 5.41) is 6.34. The van der Waals surface area contributed by atoms with Crippen molar-refractivity contribution < 1.29 is 14.3 Å². The van der Waals surface area contributed by atoms with Crippen molar-refractivity contribution in [3.8, 4) is 11.5 Å². The van der Waals surface area contributed by atoms with Gasteiger partial charge in [0.15, 0.2) is 11.5 Å². The van der Waals surface area contributed by atoms with Crippen LogP contribution in [-0.4, -0.2) is 49.8 Å². The number of amides is 1. The molecule has 3 rings (SSSR count). The van der Waals surface area contributed by atoms with Gasteiger partial charge in [0.1, 0.15) is 0 Å². The summed E-state index contributed by atoms with van der Waals surface area (Å²) in [7, 11) is 0. The van der Waals surface area contributed by atoms with E-state index in [2.05, 4.69) is 22.5 Å². The first-order valence-corrected chi connectivity index (χ1v) is 8.40. The van der Waals surface area contributed by atoms with Crippen LogP contribution in [0.25, 0.3) is 0 Å². The number of piperidine rings is 1. The average Bonchev–Trinajstić information content (AvgIpc) is 3.03. The van der Waals surface area contributed by atoms with Gasteiger partial charge in [-0.15, -0.1) is 0 Å². The van der Waals surface area contributed by atoms with E-state index in [1.807, 2.05) is 18.2 Å². The number of nitrogens with one attached hydrogen (secondary N) is 2. The largest absolute Gasteiger partial charge is 0.454 e. The second-order valence-corrected chi connectivity index (χ2v) is 6.07. The predicted molar refractivity (Wildman–Crippen MR) is 89.0 cm³/mol. The highest BCUT2D eigenvalue weighted by Crippen LogP contribution is 2.34. The Morgan fingerprint density at radius 2 is 2.09 bits per heavy atom. The fraction of sp³-hybridized carbons (Fsp3) is 0.588. The third-order valence-electron chi connectivity index (χ3n) is 4.34. The number of anilines is 1. The molecule has 2 aliphatic heterocycles. The third-order valence-corrected chi connectivity index (χ3v) is 4.34. The monoisotopic (exact) mass is 319 g/mol. The molecule has 2 N–H and O–H groups in total. The van der Waals surface area contributed by atoms with Crippen molar-refractivity contribution in [2.75, 3.05) is 38.3 Å². The number of fused-ring (bicyclic) bond motifs is 1. The molecule has 2 aliphatic rings. The minimum Gasteiger partial charge on any atom is -0.454 e. The number of ether oxygens (including phenoxy) is 2. The van der Waals surface area contributed by atoms with Gasteiger partial charge in [-0.1, -0.05) is 6.92 Å². The van der Waals surface area contributed by atoms with Gasteiger partial charge in [0.25, 0.3) is 0 Å². The topological polar surface area (TPSA) is 62.8 Å². The van der Waals surface area contributed by atoms with Gasteiger partial charge in [0.05, 0.1) is 6.54 Å². The van der Waals surface area contributed by atoms with E-state index in [4.69, 9.17) is 9.47 Å². The molecular weight excluding hydrogens is 294 g/mol. The van der Waals surface area contributed by atoms with E-state index in [1.54, 1.807) is 0 Å². The number of benzene rings is 1. The molecule has 0 bridgehead atoms. The first kappa shape index (κ1) is 16.1. The zero-order chi connectivity index (χ0) is 16.1. The zero-order valence-electron chi connectivity index (χ0n) is 13.6. The summed E-state index contributed by atoms with van der Waals surface area (Å²) < 4.78 is 10.6. The summed E-state index contributed by atoms with van der Waals surface area (Å²) in [5.41, 5.74) is 0.751. The summed E-state index contributed by atoms with van der Waals surface area (Å²) in [6.45, 7) is 5.87. The molecular formula is C17H25N3O3. The highest BCUT2D eigenvalue weighted by Gasteiger charge is 2.22. The molecule has 0 aromatic heterocycles. The Kier molecular flexibility index (Phi) is 5.35. The Morgan fingerprint density at radius 1 is 1.30 bits per heavy atom. The molecule has 1 fully saturated rings. The molecule has 1 amide bonds. The summed E-state index contributed by atoms with van der Waals surface area (Å²) in [5.74, 6) is 1.44. The number of hydrogen-bond acceptors (Lipinski definition) is 5. The normalized spacial score (nSPS) is 17.5. The number of hydrogen-bond donors (Lipinski definition) is 2. The fourth-order valence-corrected chi connectivity index (χ4v) is 3.21. The van der Waals surface area contributed by atoms with Crippen LogP contribution in [0, 0.1) is 0 Å². The van der Waals surface area contributed by atoms with Crippen molar-refractivity contribution in [3.63, 3.8) is 0 Å². The summed E-state index contributed by atoms with van der Waals surface area (Å²) in [6, 6.07) is 5.99. The van der Waals surface area contributed by atoms with Gasteiger partial charge in [-0.25, -0.2) is 0 Å². The van der Waals surface area contributed by atoms with Crippen LogP contribution in [0.2, 0.25) is 0 Å². The maximum atomic E-state index is 12.4. The molecule has 126 valence electrons. The Bertz CT molecular complexity index is 544. The van der Waals surface area contributed by atoms with Crippen LogP contribution < -0.4 is 20.1 Å². The molecule has 23 heavy (non-hydrogen) atoms. The van der Waals surface area contributed by atoms with Crippen molar-refractivity contribution in [1.82, 2.24) is 10.2 Å². The van der Waals surface area contributed by atoms with E-state index >= 15 is 0 Å². The van der Waals surface area contributed by atoms with Crippen LogP contribution in [-0.2, 0) is 4.79 Å². The molecule has 6 nitrogen and oxygen atoms in total. The molecule has 6 heteroatoms. The smallest absolute Gasteiger partial charge is 0.238 e. The molecule has 0 aliphatic carbocycles. The van der Waals surface area contributed by atoms with E-state index < -0.39 is 0 Å². The highest BCUT2D eigenvalue weighted by molar-refractivity contribution is 5.92. The number of carbonyl (C=O) groups is 1. The Balaban J connectivity index is 1.58. The molecule has 0 radical (unpaired) electrons. The highest BCUT2D eigenvalue weighted by atomic mass is 16.7. The summed E-state index contributed by atoms with van der Waals surface area (Å²) in [4.78, 5) is 14.7. The van der Waals surface area contributed by atoms with Crippen molar-refractivity contribution in [2.24, 2.45) is 0 Å². The van der Waals surface area contributed by atoms with E-state index in [0.29, 0.717) is 18.3 Å². The first-order valence-electron chi connectivity index (χ1n) is 8.40. The zero-order valence-corrected chi connectivity index (χ0v) is 13.6. The predicted octanol–water partition coefficient (Wildman–Crippen LogP) is 1.82. The van der Waals surface area contributed by atoms with Crippen LogP contribution in [0.1, 0.15) is 26.2 Å². The van der Waals surface area contributed by atoms with E-state index in [-0.39, 0.29) is 12.7 Å². The Morgan fingerprint density at radius 3 is 2.87 bits per heavy atom. The van der Waals surface area contributed by atoms with Crippen molar-refractivity contribution in [2.45, 2.75) is 32.2 Å². The fourth-order valence-electron chi connectivity index (χ4n) is 3.21. The molecule has 1 aromatic carbocycles. The first-order chi connectivity index (χ1) is 11.3. The summed E-state index contributed by atoms with van der Waals surface area (Å²) in [6.07, 6.45) is 3.27. The lowest BCUT2D eigenvalue weighted by atomic mass is 10.0. The van der Waals surface area contributed by atoms with Gasteiger partial charge in [-0.2, -0.15) is 0 Å². The van der Waals surface area contributed by atoms with Crippen LogP contribution in [0.4, 0.5) is 5.69 Å². The van der Waals surface area contributed by atoms with Crippen molar-refractivity contribution in [1.29, 1.82) is 0 Å². The lowest BCUT2D eigenvalue weighted by Crippen LogP contribution is -2.46. The number of carbonyl (C=O) groups excluding carboxylic acids is 1. The minimum absolute atomic E-state index is 0.0239. The van der Waals surface area contributed by atoms with Gasteiger partial charge >= 0.3 is 0 Å². The lowest BCUT2D eigenvalue weighted by Gasteiger charge is -2.34. The maximum absolute atomic E-state index is 12.4. The van der Waals surface area contributed by atoms with E-state index in [1.165, 1.54) is 0 Å². The van der Waals surface area contributed by atoms with E-state index in [9.17, 15) is 4.79 Å². The minimum atomic E-state index is 0.0239. The van der Waals surface area contributed by atoms with Crippen LogP contribution in [0.3, 0.4) is 0 Å². The van der Waals surface area contributed by atoms with Crippen molar-refractivity contribution in [3.05, 3.63) is 18.2 Å². The van der Waals surface area contributed by atoms with Gasteiger partial charge in [0, 0.05) is 17.8 Å². The SMILES string of the molecule is CCCN(CC(=O)Nc1ccc2c(c1)OCO2)C1CCNCC1. The van der Waals surface area contributed by atoms with Crippen LogP contribution in [0.15, 0.2) is 18.2 Å².